The third-order valence-corrected chi connectivity index (χ3v) is 3.20. The number of hydrogen-bond donors (Lipinski definition) is 2. The Morgan fingerprint density at radius 3 is 2.33 bits per heavy atom. The highest BCUT2D eigenvalue weighted by Gasteiger charge is 2.10. The predicted octanol–water partition coefficient (Wildman–Crippen LogP) is 4.14. The lowest BCUT2D eigenvalue weighted by Crippen LogP contribution is -2.12. The molecule has 18 heavy (non-hydrogen) atoms. The van der Waals surface area contributed by atoms with E-state index in [1.807, 2.05) is 30.3 Å². The molecule has 0 aromatic heterocycles. The maximum atomic E-state index is 10.0. The first kappa shape index (κ1) is 13.2. The number of benzene rings is 2. The van der Waals surface area contributed by atoms with Crippen LogP contribution in [-0.4, -0.2) is 11.7 Å². The maximum absolute atomic E-state index is 10.0. The summed E-state index contributed by atoms with van der Waals surface area (Å²) < 4.78 is 0. The van der Waals surface area contributed by atoms with Gasteiger partial charge in [-0.15, -0.1) is 0 Å². The van der Waals surface area contributed by atoms with Gasteiger partial charge in [0.15, 0.2) is 0 Å². The molecule has 1 unspecified atom stereocenters. The summed E-state index contributed by atoms with van der Waals surface area (Å²) in [6, 6.07) is 14.6. The molecule has 0 fully saturated rings. The molecule has 4 heteroatoms. The highest BCUT2D eigenvalue weighted by Crippen LogP contribution is 2.23. The second-order valence-corrected chi connectivity index (χ2v) is 4.77. The van der Waals surface area contributed by atoms with E-state index in [0.717, 1.165) is 11.3 Å². The third-order valence-electron chi connectivity index (χ3n) is 2.61. The molecule has 0 aliphatic carbocycles. The van der Waals surface area contributed by atoms with Crippen LogP contribution in [-0.2, 0) is 0 Å². The number of aliphatic hydroxyl groups is 1. The Morgan fingerprint density at radius 2 is 1.67 bits per heavy atom. The minimum atomic E-state index is -0.644. The molecule has 0 heterocycles. The van der Waals surface area contributed by atoms with Crippen molar-refractivity contribution < 1.29 is 5.11 Å². The lowest BCUT2D eigenvalue weighted by Gasteiger charge is -2.14. The van der Waals surface area contributed by atoms with Gasteiger partial charge in [0.25, 0.3) is 0 Å². The second kappa shape index (κ2) is 6.10. The molecule has 0 saturated heterocycles. The van der Waals surface area contributed by atoms with Crippen LogP contribution in [0.1, 0.15) is 11.7 Å². The van der Waals surface area contributed by atoms with Crippen molar-refractivity contribution in [2.24, 2.45) is 0 Å². The summed E-state index contributed by atoms with van der Waals surface area (Å²) in [5.74, 6) is 0. The molecule has 0 spiro atoms. The maximum Gasteiger partial charge on any atom is 0.0976 e. The molecule has 0 radical (unpaired) electrons. The number of halogens is 2. The molecule has 2 rings (SSSR count). The summed E-state index contributed by atoms with van der Waals surface area (Å²) in [4.78, 5) is 0. The first-order valence-corrected chi connectivity index (χ1v) is 6.34. The lowest BCUT2D eigenvalue weighted by atomic mass is 10.1. The van der Waals surface area contributed by atoms with Gasteiger partial charge >= 0.3 is 0 Å². The van der Waals surface area contributed by atoms with E-state index in [0.29, 0.717) is 16.6 Å². The van der Waals surface area contributed by atoms with Crippen molar-refractivity contribution in [2.45, 2.75) is 6.10 Å². The highest BCUT2D eigenvalue weighted by molar-refractivity contribution is 6.31. The van der Waals surface area contributed by atoms with Crippen molar-refractivity contribution in [3.05, 3.63) is 64.1 Å². The van der Waals surface area contributed by atoms with Crippen LogP contribution >= 0.6 is 23.2 Å². The molecule has 0 saturated carbocycles. The Balaban J connectivity index is 1.98. The first-order chi connectivity index (χ1) is 8.66. The molecule has 2 nitrogen and oxygen atoms in total. The van der Waals surface area contributed by atoms with Crippen molar-refractivity contribution in [3.8, 4) is 0 Å². The zero-order valence-corrected chi connectivity index (χ0v) is 11.1. The Labute approximate surface area is 116 Å². The molecule has 94 valence electrons. The standard InChI is InChI=1S/C14H13Cl2NO/c15-10-5-7-11(8-6-10)17-9-14(18)12-3-1-2-4-13(12)16/h1-8,14,17-18H,9H2. The Bertz CT molecular complexity index is 513. The second-order valence-electron chi connectivity index (χ2n) is 3.93. The topological polar surface area (TPSA) is 32.3 Å². The molecule has 1 atom stereocenters. The summed E-state index contributed by atoms with van der Waals surface area (Å²) in [6.07, 6.45) is -0.644. The van der Waals surface area contributed by atoms with Crippen LogP contribution in [0.25, 0.3) is 0 Å². The largest absolute Gasteiger partial charge is 0.387 e. The van der Waals surface area contributed by atoms with E-state index < -0.39 is 6.10 Å². The average Bonchev–Trinajstić information content (AvgIpc) is 2.38. The monoisotopic (exact) mass is 281 g/mol. The van der Waals surface area contributed by atoms with Crippen molar-refractivity contribution >= 4 is 28.9 Å². The summed E-state index contributed by atoms with van der Waals surface area (Å²) in [6.45, 7) is 0.394. The number of rotatable bonds is 4. The molecular weight excluding hydrogens is 269 g/mol. The van der Waals surface area contributed by atoms with Gasteiger partial charge in [0.2, 0.25) is 0 Å². The van der Waals surface area contributed by atoms with Gasteiger partial charge in [-0.2, -0.15) is 0 Å². The fourth-order valence-corrected chi connectivity index (χ4v) is 2.03. The first-order valence-electron chi connectivity index (χ1n) is 5.59. The van der Waals surface area contributed by atoms with Crippen LogP contribution in [0.4, 0.5) is 5.69 Å². The molecule has 2 N–H and O–H groups in total. The molecule has 0 aliphatic heterocycles. The van der Waals surface area contributed by atoms with Gasteiger partial charge < -0.3 is 10.4 Å². The van der Waals surface area contributed by atoms with Gasteiger partial charge in [-0.1, -0.05) is 41.4 Å². The summed E-state index contributed by atoms with van der Waals surface area (Å²) >= 11 is 11.8. The Morgan fingerprint density at radius 1 is 1.00 bits per heavy atom. The minimum Gasteiger partial charge on any atom is -0.387 e. The molecular formula is C14H13Cl2NO. The smallest absolute Gasteiger partial charge is 0.0976 e. The molecule has 0 bridgehead atoms. The van der Waals surface area contributed by atoms with Crippen molar-refractivity contribution in [2.75, 3.05) is 11.9 Å². The summed E-state index contributed by atoms with van der Waals surface area (Å²) in [7, 11) is 0. The Hall–Kier alpha value is -1.22. The van der Waals surface area contributed by atoms with Gasteiger partial charge in [-0.05, 0) is 30.3 Å². The van der Waals surface area contributed by atoms with Gasteiger partial charge in [0, 0.05) is 27.8 Å². The zero-order valence-electron chi connectivity index (χ0n) is 9.61. The molecule has 2 aromatic carbocycles. The van der Waals surface area contributed by atoms with Crippen LogP contribution in [0.5, 0.6) is 0 Å². The molecule has 2 aromatic rings. The van der Waals surface area contributed by atoms with Crippen LogP contribution in [0.15, 0.2) is 48.5 Å². The normalized spacial score (nSPS) is 12.2. The number of aliphatic hydroxyl groups excluding tert-OH is 1. The summed E-state index contributed by atoms with van der Waals surface area (Å²) in [5.41, 5.74) is 1.63. The van der Waals surface area contributed by atoms with Gasteiger partial charge in [0.05, 0.1) is 6.10 Å². The van der Waals surface area contributed by atoms with E-state index in [9.17, 15) is 5.11 Å². The van der Waals surface area contributed by atoms with Crippen LogP contribution in [0, 0.1) is 0 Å². The lowest BCUT2D eigenvalue weighted by molar-refractivity contribution is 0.192. The van der Waals surface area contributed by atoms with Crippen LogP contribution < -0.4 is 5.32 Å². The van der Waals surface area contributed by atoms with Crippen molar-refractivity contribution in [1.29, 1.82) is 0 Å². The van der Waals surface area contributed by atoms with Crippen molar-refractivity contribution in [1.82, 2.24) is 0 Å². The zero-order chi connectivity index (χ0) is 13.0. The molecule has 0 amide bonds. The number of hydrogen-bond acceptors (Lipinski definition) is 2. The van der Waals surface area contributed by atoms with Gasteiger partial charge in [-0.3, -0.25) is 0 Å². The average molecular weight is 282 g/mol. The van der Waals surface area contributed by atoms with E-state index >= 15 is 0 Å². The third kappa shape index (κ3) is 3.39. The van der Waals surface area contributed by atoms with Gasteiger partial charge in [-0.25, -0.2) is 0 Å². The van der Waals surface area contributed by atoms with Crippen LogP contribution in [0.3, 0.4) is 0 Å². The van der Waals surface area contributed by atoms with E-state index in [1.54, 1.807) is 18.2 Å². The SMILES string of the molecule is OC(CNc1ccc(Cl)cc1)c1ccccc1Cl. The fraction of sp³-hybridized carbons (Fsp3) is 0.143. The van der Waals surface area contributed by atoms with E-state index in [1.165, 1.54) is 0 Å². The van der Waals surface area contributed by atoms with E-state index in [4.69, 9.17) is 23.2 Å². The van der Waals surface area contributed by atoms with E-state index in [-0.39, 0.29) is 0 Å². The number of anilines is 1. The van der Waals surface area contributed by atoms with Crippen molar-refractivity contribution in [3.63, 3.8) is 0 Å². The molecule has 0 aliphatic rings. The fourth-order valence-electron chi connectivity index (χ4n) is 1.64. The van der Waals surface area contributed by atoms with E-state index in [2.05, 4.69) is 5.32 Å². The van der Waals surface area contributed by atoms with Crippen LogP contribution in [0.2, 0.25) is 10.0 Å². The summed E-state index contributed by atoms with van der Waals surface area (Å²) in [5, 5.41) is 14.4. The predicted molar refractivity (Wildman–Crippen MR) is 76.4 cm³/mol. The highest BCUT2D eigenvalue weighted by atomic mass is 35.5. The van der Waals surface area contributed by atoms with Gasteiger partial charge in [0.1, 0.15) is 0 Å². The quantitative estimate of drug-likeness (QED) is 0.883. The minimum absolute atomic E-state index is 0.394. The Kier molecular flexibility index (Phi) is 4.48. The number of nitrogens with one attached hydrogen (secondary N) is 1.